The average Bonchev–Trinajstić information content (AvgIpc) is 3.32. The highest BCUT2D eigenvalue weighted by Gasteiger charge is 2.29. The van der Waals surface area contributed by atoms with E-state index < -0.39 is 6.10 Å². The molecule has 2 atom stereocenters. The number of piperidine rings is 1. The molecule has 31 heavy (non-hydrogen) atoms. The van der Waals surface area contributed by atoms with E-state index in [1.807, 2.05) is 47.4 Å². The fraction of sp³-hybridized carbons (Fsp3) is 0.480. The molecule has 2 aromatic carbocycles. The van der Waals surface area contributed by atoms with E-state index in [9.17, 15) is 9.90 Å². The first-order chi connectivity index (χ1) is 15.1. The van der Waals surface area contributed by atoms with Gasteiger partial charge in [0.25, 0.3) is 0 Å². The number of benzene rings is 2. The molecule has 0 spiro atoms. The van der Waals surface area contributed by atoms with Gasteiger partial charge >= 0.3 is 6.03 Å². The molecule has 2 aromatic rings. The van der Waals surface area contributed by atoms with E-state index in [1.165, 1.54) is 5.69 Å². The molecule has 2 saturated heterocycles. The van der Waals surface area contributed by atoms with Crippen molar-refractivity contribution in [3.8, 4) is 5.75 Å². The summed E-state index contributed by atoms with van der Waals surface area (Å²) in [6.45, 7) is 4.03. The largest absolute Gasteiger partial charge is 0.497 e. The van der Waals surface area contributed by atoms with Gasteiger partial charge in [0.1, 0.15) is 5.75 Å². The van der Waals surface area contributed by atoms with Crippen LogP contribution in [0.3, 0.4) is 0 Å². The van der Waals surface area contributed by atoms with E-state index in [0.717, 1.165) is 43.7 Å². The maximum Gasteiger partial charge on any atom is 0.317 e. The van der Waals surface area contributed by atoms with Crippen LogP contribution in [0.2, 0.25) is 0 Å². The van der Waals surface area contributed by atoms with Crippen LogP contribution >= 0.6 is 0 Å². The van der Waals surface area contributed by atoms with Gasteiger partial charge in [0, 0.05) is 44.5 Å². The highest BCUT2D eigenvalue weighted by atomic mass is 16.5. The first-order valence-corrected chi connectivity index (χ1v) is 11.3. The number of nitrogens with one attached hydrogen (secondary N) is 1. The van der Waals surface area contributed by atoms with Crippen molar-refractivity contribution in [3.63, 3.8) is 0 Å². The van der Waals surface area contributed by atoms with Gasteiger partial charge in [0.15, 0.2) is 0 Å². The maximum absolute atomic E-state index is 12.7. The SMILES string of the molecule is COc1cccc(N2CCC(CNC(=O)N3CCC(C(O)c4ccccc4)CC3)C2)c1. The number of aliphatic hydroxyl groups excluding tert-OH is 1. The van der Waals surface area contributed by atoms with Crippen LogP contribution in [0.15, 0.2) is 54.6 Å². The Morgan fingerprint density at radius 1 is 1.10 bits per heavy atom. The molecule has 2 aliphatic heterocycles. The Morgan fingerprint density at radius 3 is 2.61 bits per heavy atom. The van der Waals surface area contributed by atoms with Gasteiger partial charge in [-0.25, -0.2) is 4.79 Å². The van der Waals surface area contributed by atoms with Crippen molar-refractivity contribution in [2.24, 2.45) is 11.8 Å². The van der Waals surface area contributed by atoms with Gasteiger partial charge in [-0.3, -0.25) is 0 Å². The standard InChI is InChI=1S/C25H33N3O3/c1-31-23-9-5-8-22(16-23)28-13-10-19(18-28)17-26-25(30)27-14-11-21(12-15-27)24(29)20-6-3-2-4-7-20/h2-9,16,19,21,24,29H,10-15,17-18H2,1H3,(H,26,30). The summed E-state index contributed by atoms with van der Waals surface area (Å²) >= 11 is 0. The topological polar surface area (TPSA) is 65.0 Å². The number of hydrogen-bond donors (Lipinski definition) is 2. The van der Waals surface area contributed by atoms with Crippen LogP contribution in [0.25, 0.3) is 0 Å². The molecule has 166 valence electrons. The highest BCUT2D eigenvalue weighted by molar-refractivity contribution is 5.74. The third kappa shape index (κ3) is 5.31. The second kappa shape index (κ2) is 10.1. The number of urea groups is 1. The van der Waals surface area contributed by atoms with Gasteiger partial charge in [-0.05, 0) is 48.8 Å². The van der Waals surface area contributed by atoms with Crippen LogP contribution < -0.4 is 15.0 Å². The van der Waals surface area contributed by atoms with Crippen LogP contribution in [-0.2, 0) is 0 Å². The lowest BCUT2D eigenvalue weighted by Crippen LogP contribution is -2.46. The molecule has 2 N–H and O–H groups in total. The Labute approximate surface area is 184 Å². The second-order valence-electron chi connectivity index (χ2n) is 8.67. The fourth-order valence-corrected chi connectivity index (χ4v) is 4.73. The summed E-state index contributed by atoms with van der Waals surface area (Å²) in [4.78, 5) is 16.9. The van der Waals surface area contributed by atoms with E-state index >= 15 is 0 Å². The minimum absolute atomic E-state index is 0.0208. The number of carbonyl (C=O) groups excluding carboxylic acids is 1. The van der Waals surface area contributed by atoms with Crippen molar-refractivity contribution in [1.29, 1.82) is 0 Å². The molecule has 2 amide bonds. The number of amides is 2. The number of methoxy groups -OCH3 is 1. The number of hydrogen-bond acceptors (Lipinski definition) is 4. The van der Waals surface area contributed by atoms with E-state index in [0.29, 0.717) is 25.6 Å². The van der Waals surface area contributed by atoms with Gasteiger partial charge in [-0.2, -0.15) is 0 Å². The molecule has 0 aromatic heterocycles. The second-order valence-corrected chi connectivity index (χ2v) is 8.67. The zero-order chi connectivity index (χ0) is 21.6. The summed E-state index contributed by atoms with van der Waals surface area (Å²) in [6.07, 6.45) is 2.28. The molecule has 4 rings (SSSR count). The Balaban J connectivity index is 1.20. The van der Waals surface area contributed by atoms with Gasteiger partial charge in [-0.15, -0.1) is 0 Å². The average molecular weight is 424 g/mol. The summed E-state index contributed by atoms with van der Waals surface area (Å²) in [5.74, 6) is 1.53. The summed E-state index contributed by atoms with van der Waals surface area (Å²) < 4.78 is 5.33. The third-order valence-electron chi connectivity index (χ3n) is 6.66. The van der Waals surface area contributed by atoms with E-state index in [4.69, 9.17) is 4.74 Å². The van der Waals surface area contributed by atoms with E-state index in [-0.39, 0.29) is 11.9 Å². The van der Waals surface area contributed by atoms with Gasteiger partial charge in [0.05, 0.1) is 13.2 Å². The Kier molecular flexibility index (Phi) is 6.97. The normalized spacial score (nSPS) is 20.5. The highest BCUT2D eigenvalue weighted by Crippen LogP contribution is 2.31. The molecule has 2 fully saturated rings. The molecule has 0 saturated carbocycles. The number of likely N-dealkylation sites (tertiary alicyclic amines) is 1. The summed E-state index contributed by atoms with van der Waals surface area (Å²) in [5.41, 5.74) is 2.14. The number of ether oxygens (including phenoxy) is 1. The number of carbonyl (C=O) groups is 1. The summed E-state index contributed by atoms with van der Waals surface area (Å²) in [7, 11) is 1.69. The van der Waals surface area contributed by atoms with Crippen molar-refractivity contribution in [2.45, 2.75) is 25.4 Å². The fourth-order valence-electron chi connectivity index (χ4n) is 4.73. The Bertz CT molecular complexity index is 852. The Morgan fingerprint density at radius 2 is 1.87 bits per heavy atom. The monoisotopic (exact) mass is 423 g/mol. The first kappa shape index (κ1) is 21.5. The van der Waals surface area contributed by atoms with Crippen LogP contribution in [0.5, 0.6) is 5.75 Å². The zero-order valence-electron chi connectivity index (χ0n) is 18.2. The van der Waals surface area contributed by atoms with Crippen LogP contribution in [-0.4, -0.2) is 55.9 Å². The summed E-state index contributed by atoms with van der Waals surface area (Å²) in [6, 6.07) is 18.0. The molecule has 0 radical (unpaired) electrons. The maximum atomic E-state index is 12.7. The van der Waals surface area contributed by atoms with Gasteiger partial charge < -0.3 is 25.0 Å². The van der Waals surface area contributed by atoms with E-state index in [1.54, 1.807) is 7.11 Å². The number of rotatable bonds is 6. The molecule has 0 aliphatic carbocycles. The number of anilines is 1. The molecular formula is C25H33N3O3. The first-order valence-electron chi connectivity index (χ1n) is 11.3. The van der Waals surface area contributed by atoms with Crippen LogP contribution in [0.4, 0.5) is 10.5 Å². The van der Waals surface area contributed by atoms with Crippen molar-refractivity contribution < 1.29 is 14.6 Å². The van der Waals surface area contributed by atoms with Gasteiger partial charge in [-0.1, -0.05) is 36.4 Å². The molecule has 0 bridgehead atoms. The molecular weight excluding hydrogens is 390 g/mol. The van der Waals surface area contributed by atoms with Crippen LogP contribution in [0.1, 0.15) is 30.9 Å². The smallest absolute Gasteiger partial charge is 0.317 e. The van der Waals surface area contributed by atoms with Crippen molar-refractivity contribution in [1.82, 2.24) is 10.2 Å². The van der Waals surface area contributed by atoms with Crippen molar-refractivity contribution in [2.75, 3.05) is 44.7 Å². The lowest BCUT2D eigenvalue weighted by molar-refractivity contribution is 0.0664. The number of aliphatic hydroxyl groups is 1. The quantitative estimate of drug-likeness (QED) is 0.744. The number of nitrogens with zero attached hydrogens (tertiary/aromatic N) is 2. The minimum atomic E-state index is -0.451. The predicted octanol–water partition coefficient (Wildman–Crippen LogP) is 3.68. The lowest BCUT2D eigenvalue weighted by atomic mass is 9.87. The van der Waals surface area contributed by atoms with Crippen molar-refractivity contribution >= 4 is 11.7 Å². The minimum Gasteiger partial charge on any atom is -0.497 e. The lowest BCUT2D eigenvalue weighted by Gasteiger charge is -2.34. The van der Waals surface area contributed by atoms with Gasteiger partial charge in [0.2, 0.25) is 0 Å². The zero-order valence-corrected chi connectivity index (χ0v) is 18.2. The molecule has 2 unspecified atom stereocenters. The molecule has 2 heterocycles. The molecule has 6 heteroatoms. The third-order valence-corrected chi connectivity index (χ3v) is 6.66. The summed E-state index contributed by atoms with van der Waals surface area (Å²) in [5, 5.41) is 13.8. The van der Waals surface area contributed by atoms with Crippen LogP contribution in [0, 0.1) is 11.8 Å². The molecule has 2 aliphatic rings. The van der Waals surface area contributed by atoms with E-state index in [2.05, 4.69) is 22.3 Å². The molecule has 6 nitrogen and oxygen atoms in total. The predicted molar refractivity (Wildman–Crippen MR) is 122 cm³/mol. The van der Waals surface area contributed by atoms with Crippen molar-refractivity contribution in [3.05, 3.63) is 60.2 Å². The Hall–Kier alpha value is -2.73.